The monoisotopic (exact) mass is 258 g/mol. The van der Waals surface area contributed by atoms with Crippen molar-refractivity contribution in [3.05, 3.63) is 42.0 Å². The van der Waals surface area contributed by atoms with Crippen LogP contribution in [0, 0.1) is 5.41 Å². The molecule has 1 rings (SSSR count). The fraction of sp³-hybridized carbons (Fsp3) is 0.438. The number of carbonyl (C=O) groups excluding carboxylic acids is 1. The molecule has 0 heterocycles. The van der Waals surface area contributed by atoms with Crippen LogP contribution in [0.25, 0.3) is 0 Å². The first kappa shape index (κ1) is 15.6. The van der Waals surface area contributed by atoms with Crippen LogP contribution in [0.5, 0.6) is 0 Å². The van der Waals surface area contributed by atoms with Crippen molar-refractivity contribution in [2.75, 3.05) is 6.61 Å². The van der Waals surface area contributed by atoms with Crippen LogP contribution in [0.1, 0.15) is 33.3 Å². The largest absolute Gasteiger partial charge is 0.467 e. The summed E-state index contributed by atoms with van der Waals surface area (Å²) in [6.45, 7) is 9.38. The maximum absolute atomic E-state index is 10.3. The zero-order chi connectivity index (χ0) is 14.5. The first-order valence-corrected chi connectivity index (χ1v) is 6.60. The van der Waals surface area contributed by atoms with E-state index in [1.807, 2.05) is 0 Å². The minimum Gasteiger partial charge on any atom is -0.467 e. The Morgan fingerprint density at radius 2 is 1.68 bits per heavy atom. The van der Waals surface area contributed by atoms with Gasteiger partial charge in [0.15, 0.2) is 0 Å². The summed E-state index contributed by atoms with van der Waals surface area (Å²) < 4.78 is 4.85. The Kier molecular flexibility index (Phi) is 4.99. The molecular weight excluding hydrogens is 235 g/mol. The molecular formula is C16H23BO2. The Bertz CT molecular complexity index is 444. The Morgan fingerprint density at radius 3 is 2.21 bits per heavy atom. The fourth-order valence-electron chi connectivity index (χ4n) is 1.81. The summed E-state index contributed by atoms with van der Waals surface area (Å²) in [6.07, 6.45) is 4.31. The standard InChI is InChI=1S/C16H23BO2/c1-15(2,11-19-12-18)9-10-16(3,4)13-5-7-14(17)8-6-13/h5-10,12H,11,17H2,1-4H3/b10-9+. The minimum absolute atomic E-state index is 0.0356. The minimum atomic E-state index is -0.150. The van der Waals surface area contributed by atoms with Crippen LogP contribution < -0.4 is 5.46 Å². The van der Waals surface area contributed by atoms with E-state index in [9.17, 15) is 4.79 Å². The molecule has 0 aliphatic carbocycles. The fourth-order valence-corrected chi connectivity index (χ4v) is 1.81. The molecule has 0 aliphatic heterocycles. The van der Waals surface area contributed by atoms with Gasteiger partial charge in [-0.2, -0.15) is 0 Å². The van der Waals surface area contributed by atoms with E-state index in [4.69, 9.17) is 4.74 Å². The summed E-state index contributed by atoms with van der Waals surface area (Å²) in [5.41, 5.74) is 2.36. The highest BCUT2D eigenvalue weighted by Gasteiger charge is 2.20. The van der Waals surface area contributed by atoms with Gasteiger partial charge in [-0.3, -0.25) is 4.79 Å². The van der Waals surface area contributed by atoms with E-state index in [0.717, 1.165) is 0 Å². The molecule has 0 aromatic heterocycles. The maximum Gasteiger partial charge on any atom is 0.293 e. The molecule has 0 bridgehead atoms. The van der Waals surface area contributed by atoms with Gasteiger partial charge in [0.2, 0.25) is 0 Å². The molecule has 0 saturated carbocycles. The molecule has 0 unspecified atom stereocenters. The average Bonchev–Trinajstić information content (AvgIpc) is 2.35. The van der Waals surface area contributed by atoms with Crippen molar-refractivity contribution in [2.45, 2.75) is 33.1 Å². The van der Waals surface area contributed by atoms with E-state index in [1.54, 1.807) is 0 Å². The molecule has 2 nitrogen and oxygen atoms in total. The molecule has 3 heteroatoms. The normalized spacial score (nSPS) is 12.6. The van der Waals surface area contributed by atoms with Crippen LogP contribution in [-0.4, -0.2) is 20.9 Å². The predicted molar refractivity (Wildman–Crippen MR) is 82.6 cm³/mol. The zero-order valence-electron chi connectivity index (χ0n) is 12.6. The second-order valence-corrected chi connectivity index (χ2v) is 6.32. The molecule has 0 saturated heterocycles. The van der Waals surface area contributed by atoms with Gasteiger partial charge in [0.25, 0.3) is 6.47 Å². The molecule has 19 heavy (non-hydrogen) atoms. The van der Waals surface area contributed by atoms with Gasteiger partial charge in [-0.05, 0) is 5.56 Å². The van der Waals surface area contributed by atoms with E-state index < -0.39 is 0 Å². The van der Waals surface area contributed by atoms with Gasteiger partial charge in [-0.25, -0.2) is 0 Å². The smallest absolute Gasteiger partial charge is 0.293 e. The van der Waals surface area contributed by atoms with Gasteiger partial charge in [-0.1, -0.05) is 69.6 Å². The van der Waals surface area contributed by atoms with Crippen molar-refractivity contribution < 1.29 is 9.53 Å². The van der Waals surface area contributed by atoms with Gasteiger partial charge in [0.05, 0.1) is 6.61 Å². The van der Waals surface area contributed by atoms with Crippen molar-refractivity contribution in [1.29, 1.82) is 0 Å². The Balaban J connectivity index is 2.83. The molecule has 1 aromatic carbocycles. The van der Waals surface area contributed by atoms with Crippen LogP contribution >= 0.6 is 0 Å². The second kappa shape index (κ2) is 6.09. The lowest BCUT2D eigenvalue weighted by Crippen LogP contribution is -2.20. The predicted octanol–water partition coefficient (Wildman–Crippen LogP) is 1.98. The van der Waals surface area contributed by atoms with E-state index in [0.29, 0.717) is 13.1 Å². The quantitative estimate of drug-likeness (QED) is 0.443. The van der Waals surface area contributed by atoms with Crippen molar-refractivity contribution in [1.82, 2.24) is 0 Å². The summed E-state index contributed by atoms with van der Waals surface area (Å²) in [5.74, 6) is 0. The second-order valence-electron chi connectivity index (χ2n) is 6.32. The third-order valence-electron chi connectivity index (χ3n) is 3.27. The van der Waals surface area contributed by atoms with Crippen LogP contribution in [0.3, 0.4) is 0 Å². The van der Waals surface area contributed by atoms with Gasteiger partial charge >= 0.3 is 0 Å². The van der Waals surface area contributed by atoms with Crippen LogP contribution in [0.4, 0.5) is 0 Å². The topological polar surface area (TPSA) is 26.3 Å². The molecule has 0 fully saturated rings. The summed E-state index contributed by atoms with van der Waals surface area (Å²) in [4.78, 5) is 10.3. The van der Waals surface area contributed by atoms with Crippen LogP contribution in [-0.2, 0) is 14.9 Å². The van der Waals surface area contributed by atoms with Crippen molar-refractivity contribution in [2.24, 2.45) is 5.41 Å². The Morgan fingerprint density at radius 1 is 1.11 bits per heavy atom. The van der Waals surface area contributed by atoms with Gasteiger partial charge in [-0.15, -0.1) is 0 Å². The average molecular weight is 258 g/mol. The Labute approximate surface area is 117 Å². The lowest BCUT2D eigenvalue weighted by Gasteiger charge is -2.25. The lowest BCUT2D eigenvalue weighted by molar-refractivity contribution is -0.130. The summed E-state index contributed by atoms with van der Waals surface area (Å²) in [6, 6.07) is 8.58. The van der Waals surface area contributed by atoms with Crippen LogP contribution in [0.15, 0.2) is 36.4 Å². The lowest BCUT2D eigenvalue weighted by atomic mass is 9.80. The van der Waals surface area contributed by atoms with Gasteiger partial charge < -0.3 is 4.74 Å². The molecule has 0 spiro atoms. The van der Waals surface area contributed by atoms with Gasteiger partial charge in [0, 0.05) is 10.8 Å². The molecule has 0 radical (unpaired) electrons. The molecule has 0 N–H and O–H groups in total. The Hall–Kier alpha value is -1.51. The van der Waals surface area contributed by atoms with E-state index in [-0.39, 0.29) is 10.8 Å². The van der Waals surface area contributed by atoms with Crippen LogP contribution in [0.2, 0.25) is 0 Å². The highest BCUT2D eigenvalue weighted by atomic mass is 16.5. The molecule has 0 atom stereocenters. The number of benzene rings is 1. The van der Waals surface area contributed by atoms with E-state index in [2.05, 4.69) is 72.0 Å². The van der Waals surface area contributed by atoms with Gasteiger partial charge in [0.1, 0.15) is 7.85 Å². The number of carbonyl (C=O) groups is 1. The number of rotatable bonds is 6. The number of hydrogen-bond acceptors (Lipinski definition) is 2. The number of allylic oxidation sites excluding steroid dienone is 1. The van der Waals surface area contributed by atoms with Crippen molar-refractivity contribution in [3.63, 3.8) is 0 Å². The first-order valence-electron chi connectivity index (χ1n) is 6.60. The number of hydrogen-bond donors (Lipinski definition) is 0. The SMILES string of the molecule is Bc1ccc(C(C)(C)/C=C/C(C)(C)COC=O)cc1. The molecule has 0 aliphatic rings. The first-order chi connectivity index (χ1) is 8.77. The third kappa shape index (κ3) is 4.94. The summed E-state index contributed by atoms with van der Waals surface area (Å²) in [7, 11) is 2.09. The van der Waals surface area contributed by atoms with E-state index in [1.165, 1.54) is 11.0 Å². The molecule has 0 amide bonds. The summed E-state index contributed by atoms with van der Waals surface area (Å²) in [5, 5.41) is 0. The third-order valence-corrected chi connectivity index (χ3v) is 3.27. The van der Waals surface area contributed by atoms with Crippen molar-refractivity contribution in [3.8, 4) is 0 Å². The summed E-state index contributed by atoms with van der Waals surface area (Å²) >= 11 is 0. The highest BCUT2D eigenvalue weighted by Crippen LogP contribution is 2.27. The zero-order valence-corrected chi connectivity index (χ0v) is 12.6. The number of ether oxygens (including phenoxy) is 1. The maximum atomic E-state index is 10.3. The molecule has 1 aromatic rings. The molecule has 102 valence electrons. The van der Waals surface area contributed by atoms with Crippen molar-refractivity contribution >= 4 is 19.8 Å². The highest BCUT2D eigenvalue weighted by molar-refractivity contribution is 6.32. The van der Waals surface area contributed by atoms with E-state index >= 15 is 0 Å².